The molecule has 1 fully saturated rings. The highest BCUT2D eigenvalue weighted by Crippen LogP contribution is 2.24. The lowest BCUT2D eigenvalue weighted by Gasteiger charge is -2.23. The summed E-state index contributed by atoms with van der Waals surface area (Å²) >= 11 is 0. The molecule has 3 rings (SSSR count). The number of ether oxygens (including phenoxy) is 1. The summed E-state index contributed by atoms with van der Waals surface area (Å²) in [5.41, 5.74) is 0.466. The number of rotatable bonds is 7. The summed E-state index contributed by atoms with van der Waals surface area (Å²) in [6.07, 6.45) is 4.77. The number of hydrogen-bond acceptors (Lipinski definition) is 6. The van der Waals surface area contributed by atoms with Crippen molar-refractivity contribution in [2.45, 2.75) is 58.1 Å². The number of carbonyl (C=O) groups excluding carboxylic acids is 1. The molecular weight excluding hydrogens is 362 g/mol. The number of aryl methyl sites for hydroxylation is 1. The minimum absolute atomic E-state index is 0.178. The molecule has 28 heavy (non-hydrogen) atoms. The van der Waals surface area contributed by atoms with Gasteiger partial charge in [-0.2, -0.15) is 4.98 Å². The van der Waals surface area contributed by atoms with Crippen molar-refractivity contribution >= 4 is 11.9 Å². The van der Waals surface area contributed by atoms with Gasteiger partial charge in [0.15, 0.2) is 6.61 Å². The second-order valence-corrected chi connectivity index (χ2v) is 6.93. The summed E-state index contributed by atoms with van der Waals surface area (Å²) in [6.45, 7) is 2.10. The fraction of sp³-hybridized carbons (Fsp3) is 0.500. The molecule has 1 aliphatic carbocycles. The van der Waals surface area contributed by atoms with Crippen LogP contribution in [0.2, 0.25) is 0 Å². The number of aliphatic carboxylic acids is 1. The third-order valence-electron chi connectivity index (χ3n) is 4.95. The zero-order valence-corrected chi connectivity index (χ0v) is 15.9. The molecule has 2 N–H and O–H groups in total. The Morgan fingerprint density at radius 2 is 1.96 bits per heavy atom. The summed E-state index contributed by atoms with van der Waals surface area (Å²) in [4.78, 5) is 28.2. The van der Waals surface area contributed by atoms with Crippen LogP contribution in [0.5, 0.6) is 5.75 Å². The standard InChI is InChI=1S/C20H25N3O5/c1-2-18-22-17(23-28-18)12-27-14-10-8-13(9-11-14)19(24)21-16-7-5-3-4-6-15(16)20(25)26/h8-11,15-16H,2-7,12H2,1H3,(H,21,24)(H,25,26)/t15-,16+/m1/s1. The first-order valence-corrected chi connectivity index (χ1v) is 9.64. The van der Waals surface area contributed by atoms with Gasteiger partial charge in [0.25, 0.3) is 5.91 Å². The van der Waals surface area contributed by atoms with E-state index in [1.54, 1.807) is 24.3 Å². The third-order valence-corrected chi connectivity index (χ3v) is 4.95. The number of aromatic nitrogens is 2. The lowest BCUT2D eigenvalue weighted by molar-refractivity contribution is -0.142. The Morgan fingerprint density at radius 1 is 1.21 bits per heavy atom. The minimum atomic E-state index is -0.844. The largest absolute Gasteiger partial charge is 0.485 e. The molecule has 150 valence electrons. The molecule has 0 unspecified atom stereocenters. The predicted molar refractivity (Wildman–Crippen MR) is 99.9 cm³/mol. The first kappa shape index (κ1) is 19.9. The Balaban J connectivity index is 1.57. The highest BCUT2D eigenvalue weighted by atomic mass is 16.5. The van der Waals surface area contributed by atoms with Gasteiger partial charge in [-0.15, -0.1) is 0 Å². The molecule has 1 aliphatic rings. The van der Waals surface area contributed by atoms with Crippen molar-refractivity contribution in [3.8, 4) is 5.75 Å². The van der Waals surface area contributed by atoms with Crippen molar-refractivity contribution < 1.29 is 24.0 Å². The smallest absolute Gasteiger partial charge is 0.308 e. The van der Waals surface area contributed by atoms with Gasteiger partial charge in [-0.25, -0.2) is 0 Å². The van der Waals surface area contributed by atoms with Crippen LogP contribution in [0.3, 0.4) is 0 Å². The van der Waals surface area contributed by atoms with Crippen LogP contribution in [0, 0.1) is 5.92 Å². The molecular formula is C20H25N3O5. The third kappa shape index (κ3) is 5.09. The number of carboxylic acid groups (broad SMARTS) is 1. The fourth-order valence-corrected chi connectivity index (χ4v) is 3.37. The molecule has 0 aliphatic heterocycles. The zero-order chi connectivity index (χ0) is 19.9. The van der Waals surface area contributed by atoms with E-state index in [9.17, 15) is 14.7 Å². The predicted octanol–water partition coefficient (Wildman–Crippen LogP) is 2.97. The van der Waals surface area contributed by atoms with Gasteiger partial charge in [-0.05, 0) is 37.1 Å². The van der Waals surface area contributed by atoms with Crippen molar-refractivity contribution in [1.82, 2.24) is 15.5 Å². The van der Waals surface area contributed by atoms with E-state index in [0.29, 0.717) is 42.3 Å². The zero-order valence-electron chi connectivity index (χ0n) is 15.9. The fourth-order valence-electron chi connectivity index (χ4n) is 3.37. The van der Waals surface area contributed by atoms with E-state index >= 15 is 0 Å². The average molecular weight is 387 g/mol. The van der Waals surface area contributed by atoms with Gasteiger partial charge in [0.1, 0.15) is 5.75 Å². The summed E-state index contributed by atoms with van der Waals surface area (Å²) in [5, 5.41) is 16.2. The summed E-state index contributed by atoms with van der Waals surface area (Å²) < 4.78 is 10.6. The molecule has 1 heterocycles. The van der Waals surface area contributed by atoms with Gasteiger partial charge in [-0.1, -0.05) is 31.3 Å². The molecule has 2 aromatic rings. The van der Waals surface area contributed by atoms with Crippen molar-refractivity contribution in [3.63, 3.8) is 0 Å². The summed E-state index contributed by atoms with van der Waals surface area (Å²) in [6, 6.07) is 6.36. The first-order chi connectivity index (χ1) is 13.6. The molecule has 0 spiro atoms. The van der Waals surface area contributed by atoms with E-state index in [0.717, 1.165) is 19.3 Å². The molecule has 0 radical (unpaired) electrons. The highest BCUT2D eigenvalue weighted by Gasteiger charge is 2.30. The number of benzene rings is 1. The Morgan fingerprint density at radius 3 is 2.64 bits per heavy atom. The average Bonchev–Trinajstić information content (AvgIpc) is 3.04. The quantitative estimate of drug-likeness (QED) is 0.702. The Labute approximate surface area is 163 Å². The van der Waals surface area contributed by atoms with Gasteiger partial charge >= 0.3 is 5.97 Å². The number of amides is 1. The number of hydrogen-bond donors (Lipinski definition) is 2. The normalized spacial score (nSPS) is 19.6. The Kier molecular flexibility index (Phi) is 6.62. The van der Waals surface area contributed by atoms with Gasteiger partial charge < -0.3 is 19.7 Å². The highest BCUT2D eigenvalue weighted by molar-refractivity contribution is 5.94. The Bertz CT molecular complexity index is 802. The molecule has 0 saturated heterocycles. The number of nitrogens with zero attached hydrogens (tertiary/aromatic N) is 2. The Hall–Kier alpha value is -2.90. The summed E-state index contributed by atoms with van der Waals surface area (Å²) in [5.74, 6) is -0.0380. The maximum atomic E-state index is 12.5. The topological polar surface area (TPSA) is 115 Å². The van der Waals surface area contributed by atoms with E-state index < -0.39 is 11.9 Å². The van der Waals surface area contributed by atoms with E-state index in [4.69, 9.17) is 9.26 Å². The van der Waals surface area contributed by atoms with Crippen LogP contribution >= 0.6 is 0 Å². The lowest BCUT2D eigenvalue weighted by atomic mass is 9.94. The maximum Gasteiger partial charge on any atom is 0.308 e. The first-order valence-electron chi connectivity index (χ1n) is 9.64. The van der Waals surface area contributed by atoms with Gasteiger partial charge in [-0.3, -0.25) is 9.59 Å². The molecule has 1 amide bonds. The molecule has 1 saturated carbocycles. The van der Waals surface area contributed by atoms with Crippen molar-refractivity contribution in [3.05, 3.63) is 41.5 Å². The van der Waals surface area contributed by atoms with Crippen molar-refractivity contribution in [2.75, 3.05) is 0 Å². The van der Waals surface area contributed by atoms with Gasteiger partial charge in [0.2, 0.25) is 11.7 Å². The van der Waals surface area contributed by atoms with E-state index in [-0.39, 0.29) is 18.6 Å². The molecule has 8 nitrogen and oxygen atoms in total. The van der Waals surface area contributed by atoms with Crippen molar-refractivity contribution in [1.29, 1.82) is 0 Å². The van der Waals surface area contributed by atoms with E-state index in [1.807, 2.05) is 6.92 Å². The second kappa shape index (κ2) is 9.34. The van der Waals surface area contributed by atoms with Crippen LogP contribution in [-0.4, -0.2) is 33.2 Å². The van der Waals surface area contributed by atoms with E-state index in [1.165, 1.54) is 0 Å². The van der Waals surface area contributed by atoms with Crippen LogP contribution in [0.4, 0.5) is 0 Å². The minimum Gasteiger partial charge on any atom is -0.485 e. The molecule has 8 heteroatoms. The van der Waals surface area contributed by atoms with Crippen LogP contribution in [-0.2, 0) is 17.8 Å². The molecule has 1 aromatic heterocycles. The monoisotopic (exact) mass is 387 g/mol. The SMILES string of the molecule is CCc1nc(COc2ccc(C(=O)N[C@H]3CCCCC[C@H]3C(=O)O)cc2)no1. The lowest BCUT2D eigenvalue weighted by Crippen LogP contribution is -2.42. The van der Waals surface area contributed by atoms with E-state index in [2.05, 4.69) is 15.5 Å². The molecule has 1 aromatic carbocycles. The van der Waals surface area contributed by atoms with Crippen LogP contribution in [0.25, 0.3) is 0 Å². The molecule has 2 atom stereocenters. The maximum absolute atomic E-state index is 12.5. The van der Waals surface area contributed by atoms with Crippen LogP contribution in [0.1, 0.15) is 61.1 Å². The van der Waals surface area contributed by atoms with Crippen LogP contribution < -0.4 is 10.1 Å². The number of carbonyl (C=O) groups is 2. The number of nitrogens with one attached hydrogen (secondary N) is 1. The molecule has 0 bridgehead atoms. The van der Waals surface area contributed by atoms with Crippen molar-refractivity contribution in [2.24, 2.45) is 5.92 Å². The second-order valence-electron chi connectivity index (χ2n) is 6.93. The summed E-state index contributed by atoms with van der Waals surface area (Å²) in [7, 11) is 0. The van der Waals surface area contributed by atoms with Gasteiger partial charge in [0, 0.05) is 18.0 Å². The van der Waals surface area contributed by atoms with Crippen LogP contribution in [0.15, 0.2) is 28.8 Å². The van der Waals surface area contributed by atoms with Gasteiger partial charge in [0.05, 0.1) is 5.92 Å². The number of carboxylic acids is 1.